The molecule has 12 aromatic heterocycles. The highest BCUT2D eigenvalue weighted by atomic mass is 32.1. The number of fused-ring (bicyclic) bond motifs is 8. The Hall–Kier alpha value is -12.6. The van der Waals surface area contributed by atoms with Crippen molar-refractivity contribution in [2.24, 2.45) is 0 Å². The number of rotatable bonds is 9. The van der Waals surface area contributed by atoms with E-state index >= 15 is 0 Å². The molecule has 556 valence electrons. The van der Waals surface area contributed by atoms with Gasteiger partial charge in [0.2, 0.25) is 0 Å². The summed E-state index contributed by atoms with van der Waals surface area (Å²) in [5.74, 6) is 3.08. The highest BCUT2D eigenvalue weighted by Crippen LogP contribution is 2.32. The van der Waals surface area contributed by atoms with E-state index in [1.165, 1.54) is 27.2 Å². The van der Waals surface area contributed by atoms with Crippen LogP contribution in [-0.2, 0) is 0 Å². The second-order valence-electron chi connectivity index (χ2n) is 28.0. The number of likely N-dealkylation sites (N-methyl/N-ethyl adjacent to an activating group) is 2. The van der Waals surface area contributed by atoms with Crippen LogP contribution < -0.4 is 32.9 Å². The fourth-order valence-electron chi connectivity index (χ4n) is 14.4. The van der Waals surface area contributed by atoms with Crippen molar-refractivity contribution in [2.75, 3.05) is 72.5 Å². The molecule has 0 saturated carbocycles. The highest BCUT2D eigenvalue weighted by Gasteiger charge is 2.22. The molecular weight excluding hydrogens is 1420 g/mol. The molecule has 0 unspecified atom stereocenters. The van der Waals surface area contributed by atoms with Crippen LogP contribution in [-0.4, -0.2) is 166 Å². The van der Waals surface area contributed by atoms with E-state index < -0.39 is 0 Å². The zero-order valence-electron chi connectivity index (χ0n) is 62.0. The normalized spacial score (nSPS) is 15.2. The molecule has 0 amide bonds. The van der Waals surface area contributed by atoms with Gasteiger partial charge in [0, 0.05) is 119 Å². The van der Waals surface area contributed by atoms with Crippen LogP contribution in [0.5, 0.6) is 0 Å². The predicted octanol–water partition coefficient (Wildman–Crippen LogP) is 11.5. The molecule has 4 aliphatic rings. The highest BCUT2D eigenvalue weighted by molar-refractivity contribution is 7.18. The van der Waals surface area contributed by atoms with E-state index in [1.807, 2.05) is 111 Å². The van der Waals surface area contributed by atoms with Gasteiger partial charge in [-0.3, -0.25) is 51.6 Å². The van der Waals surface area contributed by atoms with Crippen molar-refractivity contribution in [1.29, 1.82) is 0 Å². The van der Waals surface area contributed by atoms with Gasteiger partial charge in [0.05, 0.1) is 74.5 Å². The fraction of sp³-hybridized carbons (Fsp3) is 0.253. The average molecular weight is 1500 g/mol. The molecule has 0 bridgehead atoms. The van der Waals surface area contributed by atoms with Gasteiger partial charge in [-0.1, -0.05) is 49.4 Å². The van der Waals surface area contributed by atoms with Crippen LogP contribution in [0.2, 0.25) is 0 Å². The van der Waals surface area contributed by atoms with Gasteiger partial charge in [0.15, 0.2) is 57.6 Å². The maximum Gasteiger partial charge on any atom is 0.339 e. The summed E-state index contributed by atoms with van der Waals surface area (Å²) in [6, 6.07) is 33.3. The molecule has 4 aliphatic heterocycles. The quantitative estimate of drug-likeness (QED) is 0.127. The smallest absolute Gasteiger partial charge is 0.339 e. The Bertz CT molecular complexity index is 6690. The second kappa shape index (κ2) is 30.5. The SMILES string of the molecule is CCN1CC=C(c2cn3c(=O)cc(-c4ccc5nc(C)oc5c4)nc3cn2)CC1.Cc1nc2ccc(-c3cc(=O)n4cc(C5=CCN(C)CC5)ncc4n3)cc2o1.Cc1nc2ccc(-c3cc(=O)n4cc(C5CCNCC5)ccc4n3)cc2s1.Cc1nc2ccc(-c3cc(=O)n4cc([N+]5=CCNCC5)ncc4n3)cc2o1. The molecule has 1 saturated heterocycles. The maximum atomic E-state index is 12.8. The standard InChI is InChI=1S/C22H21N5O2.C21H19N5O2.C21H20N4OS.C19H17N6O2/c1-3-26-8-6-15(7-9-26)19-13-27-21(12-23-19)25-18(11-22(27)28)16-4-5-17-20(10-16)29-14(2)24-17;1-13-23-16-4-3-15(9-19(16)28-13)17-10-21(27)26-12-18(22-11-20(26)24-17)14-5-7-25(2)8-6-14;1-13-23-17-4-2-15(10-19(17)27-13)18-11-21(26)25-12-16(3-5-20(25)24-18)14-6-8-22-9-7-14;1-12-22-14-3-2-13(8-16(14)27-12)15-9-19(26)25-11-18(21-10-17(25)23-15)24-6-4-20-5-7-24/h4-6,10-13H,3,7-9H2,1-2H3;3-5,9-12H,6-8H2,1-2H3;2-5,10-12,14,22H,6-9H2,1H3;2-3,6,8-11,20H,4-5,7H2,1H3/q;;;+1. The summed E-state index contributed by atoms with van der Waals surface area (Å²) in [4.78, 5) is 105. The first-order valence-electron chi connectivity index (χ1n) is 37.0. The first-order valence-corrected chi connectivity index (χ1v) is 37.9. The molecule has 4 aromatic carbocycles. The molecule has 0 spiro atoms. The summed E-state index contributed by atoms with van der Waals surface area (Å²) < 4.78 is 26.3. The van der Waals surface area contributed by atoms with Crippen LogP contribution in [0.25, 0.3) is 122 Å². The number of aromatic nitrogens is 15. The fourth-order valence-corrected chi connectivity index (χ4v) is 15.3. The first-order chi connectivity index (χ1) is 54.0. The Balaban J connectivity index is 0.000000108. The van der Waals surface area contributed by atoms with Gasteiger partial charge in [-0.05, 0) is 141 Å². The monoisotopic (exact) mass is 1500 g/mol. The van der Waals surface area contributed by atoms with Crippen molar-refractivity contribution in [3.05, 3.63) is 246 Å². The van der Waals surface area contributed by atoms with Gasteiger partial charge in [0.25, 0.3) is 22.2 Å². The summed E-state index contributed by atoms with van der Waals surface area (Å²) in [6.45, 7) is 19.0. The number of piperidine rings is 1. The van der Waals surface area contributed by atoms with E-state index in [4.69, 9.17) is 18.2 Å². The third kappa shape index (κ3) is 15.2. The van der Waals surface area contributed by atoms with Crippen molar-refractivity contribution in [3.63, 3.8) is 0 Å². The van der Waals surface area contributed by atoms with Crippen LogP contribution in [0.3, 0.4) is 0 Å². The lowest BCUT2D eigenvalue weighted by Gasteiger charge is -2.24. The Labute approximate surface area is 637 Å². The molecule has 28 heteroatoms. The second-order valence-corrected chi connectivity index (χ2v) is 29.2. The summed E-state index contributed by atoms with van der Waals surface area (Å²) in [7, 11) is 2.09. The van der Waals surface area contributed by atoms with Gasteiger partial charge in [0.1, 0.15) is 34.9 Å². The molecule has 1 fully saturated rings. The number of pyridine rings is 1. The molecule has 16 aromatic rings. The van der Waals surface area contributed by atoms with E-state index in [-0.39, 0.29) is 22.2 Å². The van der Waals surface area contributed by atoms with Crippen LogP contribution >= 0.6 is 11.3 Å². The minimum Gasteiger partial charge on any atom is -0.441 e. The van der Waals surface area contributed by atoms with E-state index in [0.717, 1.165) is 162 Å². The Morgan fingerprint density at radius 2 is 0.955 bits per heavy atom. The van der Waals surface area contributed by atoms with E-state index in [2.05, 4.69) is 109 Å². The number of benzene rings is 4. The molecule has 2 N–H and O–H groups in total. The Kier molecular flexibility index (Phi) is 19.6. The van der Waals surface area contributed by atoms with Crippen molar-refractivity contribution >= 4 is 101 Å². The van der Waals surface area contributed by atoms with E-state index in [0.29, 0.717) is 85.7 Å². The van der Waals surface area contributed by atoms with Gasteiger partial charge < -0.3 is 28.8 Å². The third-order valence-electron chi connectivity index (χ3n) is 20.4. The molecule has 27 nitrogen and oxygen atoms in total. The molecule has 0 aliphatic carbocycles. The minimum atomic E-state index is -0.150. The van der Waals surface area contributed by atoms with Crippen LogP contribution in [0.1, 0.15) is 78.2 Å². The molecule has 0 radical (unpaired) electrons. The van der Waals surface area contributed by atoms with E-state index in [9.17, 15) is 19.2 Å². The predicted molar refractivity (Wildman–Crippen MR) is 429 cm³/mol. The maximum absolute atomic E-state index is 12.8. The lowest BCUT2D eigenvalue weighted by Crippen LogP contribution is -2.33. The van der Waals surface area contributed by atoms with Gasteiger partial charge in [-0.15, -0.1) is 11.3 Å². The van der Waals surface area contributed by atoms with Crippen LogP contribution in [0.4, 0.5) is 5.82 Å². The van der Waals surface area contributed by atoms with Crippen molar-refractivity contribution < 1.29 is 17.8 Å². The Morgan fingerprint density at radius 3 is 1.44 bits per heavy atom. The van der Waals surface area contributed by atoms with Gasteiger partial charge in [-0.2, -0.15) is 0 Å². The summed E-state index contributed by atoms with van der Waals surface area (Å²) >= 11 is 1.66. The summed E-state index contributed by atoms with van der Waals surface area (Å²) in [5.41, 5.74) is 18.3. The lowest BCUT2D eigenvalue weighted by molar-refractivity contribution is -0.442. The van der Waals surface area contributed by atoms with Gasteiger partial charge >= 0.3 is 5.82 Å². The topological polar surface area (TPSA) is 301 Å². The average Bonchev–Trinajstić information content (AvgIpc) is 1.76. The molecular formula is C83H77N20O7S+. The third-order valence-corrected chi connectivity index (χ3v) is 21.3. The number of hydrogen-bond donors (Lipinski definition) is 2. The zero-order chi connectivity index (χ0) is 76.0. The number of thiazole rings is 1. The number of nitrogens with zero attached hydrogens (tertiary/aromatic N) is 18. The van der Waals surface area contributed by atoms with Crippen molar-refractivity contribution in [2.45, 2.75) is 66.2 Å². The minimum absolute atomic E-state index is 0.0358. The number of nitrogens with one attached hydrogen (secondary N) is 2. The van der Waals surface area contributed by atoms with Crippen molar-refractivity contribution in [3.8, 4) is 45.0 Å². The number of oxazole rings is 3. The van der Waals surface area contributed by atoms with Crippen LogP contribution in [0.15, 0.2) is 197 Å². The zero-order valence-corrected chi connectivity index (χ0v) is 62.8. The first kappa shape index (κ1) is 71.3. The number of aryl methyl sites for hydroxylation is 4. The van der Waals surface area contributed by atoms with Gasteiger partial charge in [-0.25, -0.2) is 44.4 Å². The van der Waals surface area contributed by atoms with Crippen LogP contribution in [0, 0.1) is 27.7 Å². The molecule has 16 heterocycles. The van der Waals surface area contributed by atoms with E-state index in [1.54, 1.807) is 86.8 Å². The number of hydrogen-bond acceptors (Lipinski definition) is 23. The largest absolute Gasteiger partial charge is 0.441 e. The molecule has 0 atom stereocenters. The summed E-state index contributed by atoms with van der Waals surface area (Å²) in [5, 5.41) is 7.68. The molecule has 20 rings (SSSR count). The summed E-state index contributed by atoms with van der Waals surface area (Å²) in [6.07, 6.45) is 22.7. The lowest BCUT2D eigenvalue weighted by atomic mass is 9.91. The van der Waals surface area contributed by atoms with Crippen molar-refractivity contribution in [1.82, 2.24) is 92.9 Å². The Morgan fingerprint density at radius 1 is 0.477 bits per heavy atom. The molecule has 111 heavy (non-hydrogen) atoms.